The molecule has 0 aromatic heterocycles. The average Bonchev–Trinajstić information content (AvgIpc) is 2.25. The van der Waals surface area contributed by atoms with E-state index < -0.39 is 6.03 Å². The monoisotopic (exact) mass is 234 g/mol. The van der Waals surface area contributed by atoms with E-state index in [9.17, 15) is 4.79 Å². The summed E-state index contributed by atoms with van der Waals surface area (Å²) in [5.41, 5.74) is 8.95. The molecule has 0 unspecified atom stereocenters. The summed E-state index contributed by atoms with van der Waals surface area (Å²) in [5.74, 6) is 0.930. The first-order valence-electron chi connectivity index (χ1n) is 6.08. The number of benzene rings is 1. The molecule has 0 saturated heterocycles. The molecule has 0 saturated carbocycles. The van der Waals surface area contributed by atoms with Crippen LogP contribution in [0.3, 0.4) is 0 Å². The van der Waals surface area contributed by atoms with Gasteiger partial charge in [0, 0.05) is 6.54 Å². The fourth-order valence-corrected chi connectivity index (χ4v) is 2.18. The Morgan fingerprint density at radius 1 is 1.24 bits per heavy atom. The molecule has 0 spiro atoms. The Labute approximate surface area is 103 Å². The lowest BCUT2D eigenvalue weighted by Crippen LogP contribution is -2.29. The quantitative estimate of drug-likeness (QED) is 0.826. The number of nitrogens with two attached hydrogens (primary N) is 1. The van der Waals surface area contributed by atoms with E-state index in [0.29, 0.717) is 18.4 Å². The lowest BCUT2D eigenvalue weighted by molar-refractivity contribution is 0.248. The Bertz CT molecular complexity index is 397. The van der Waals surface area contributed by atoms with Crippen LogP contribution in [0, 0.1) is 0 Å². The van der Waals surface area contributed by atoms with Crippen molar-refractivity contribution in [2.45, 2.75) is 46.1 Å². The Morgan fingerprint density at radius 2 is 1.88 bits per heavy atom. The maximum atomic E-state index is 10.8. The third kappa shape index (κ3) is 3.48. The van der Waals surface area contributed by atoms with Gasteiger partial charge >= 0.3 is 6.03 Å². The lowest BCUT2D eigenvalue weighted by atomic mass is 9.87. The maximum absolute atomic E-state index is 10.8. The van der Waals surface area contributed by atoms with Crippen molar-refractivity contribution in [3.05, 3.63) is 34.9 Å². The second kappa shape index (κ2) is 5.71. The van der Waals surface area contributed by atoms with Crippen LogP contribution in [0.4, 0.5) is 4.79 Å². The number of carbonyl (C=O) groups is 1. The standard InChI is InChI=1S/C14H22N2O/c1-9(2)12-7-5-6-11(8-16-14(15)17)13(12)10(3)4/h5-7,9-10H,8H2,1-4H3,(H3,15,16,17). The Morgan fingerprint density at radius 3 is 2.35 bits per heavy atom. The maximum Gasteiger partial charge on any atom is 0.312 e. The largest absolute Gasteiger partial charge is 0.352 e. The molecule has 1 rings (SSSR count). The summed E-state index contributed by atoms with van der Waals surface area (Å²) in [6.45, 7) is 9.23. The zero-order valence-corrected chi connectivity index (χ0v) is 11.1. The summed E-state index contributed by atoms with van der Waals surface area (Å²) in [5, 5.41) is 2.66. The molecule has 0 heterocycles. The average molecular weight is 234 g/mol. The molecule has 0 radical (unpaired) electrons. The second-order valence-corrected chi connectivity index (χ2v) is 4.95. The molecule has 1 aromatic carbocycles. The highest BCUT2D eigenvalue weighted by Crippen LogP contribution is 2.29. The zero-order chi connectivity index (χ0) is 13.0. The summed E-state index contributed by atoms with van der Waals surface area (Å²) in [6.07, 6.45) is 0. The van der Waals surface area contributed by atoms with Gasteiger partial charge in [-0.2, -0.15) is 0 Å². The van der Waals surface area contributed by atoms with Gasteiger partial charge in [0.25, 0.3) is 0 Å². The van der Waals surface area contributed by atoms with E-state index in [2.05, 4.69) is 45.1 Å². The molecule has 0 aliphatic heterocycles. The van der Waals surface area contributed by atoms with Crippen LogP contribution in [0.2, 0.25) is 0 Å². The van der Waals surface area contributed by atoms with E-state index in [-0.39, 0.29) is 0 Å². The topological polar surface area (TPSA) is 55.1 Å². The first-order valence-corrected chi connectivity index (χ1v) is 6.08. The SMILES string of the molecule is CC(C)c1cccc(CNC(N)=O)c1C(C)C. The number of rotatable bonds is 4. The van der Waals surface area contributed by atoms with Crippen molar-refractivity contribution in [3.8, 4) is 0 Å². The van der Waals surface area contributed by atoms with Crippen molar-refractivity contribution in [1.82, 2.24) is 5.32 Å². The van der Waals surface area contributed by atoms with E-state index in [1.807, 2.05) is 6.07 Å². The predicted molar refractivity (Wildman–Crippen MR) is 71.0 cm³/mol. The van der Waals surface area contributed by atoms with Crippen LogP contribution in [0.15, 0.2) is 18.2 Å². The third-order valence-electron chi connectivity index (χ3n) is 2.88. The molecule has 17 heavy (non-hydrogen) atoms. The fourth-order valence-electron chi connectivity index (χ4n) is 2.18. The van der Waals surface area contributed by atoms with Gasteiger partial charge in [-0.05, 0) is 28.5 Å². The number of primary amides is 1. The highest BCUT2D eigenvalue weighted by Gasteiger charge is 2.14. The smallest absolute Gasteiger partial charge is 0.312 e. The van der Waals surface area contributed by atoms with E-state index in [1.54, 1.807) is 0 Å². The van der Waals surface area contributed by atoms with E-state index in [1.165, 1.54) is 11.1 Å². The number of hydrogen-bond donors (Lipinski definition) is 2. The Hall–Kier alpha value is -1.51. The molecule has 0 atom stereocenters. The fraction of sp³-hybridized carbons (Fsp3) is 0.500. The normalized spacial score (nSPS) is 10.9. The van der Waals surface area contributed by atoms with Crippen LogP contribution in [-0.2, 0) is 6.54 Å². The highest BCUT2D eigenvalue weighted by atomic mass is 16.2. The molecule has 1 aromatic rings. The predicted octanol–water partition coefficient (Wildman–Crippen LogP) is 3.10. The van der Waals surface area contributed by atoms with Gasteiger partial charge in [0.15, 0.2) is 0 Å². The Balaban J connectivity index is 3.11. The van der Waals surface area contributed by atoms with Gasteiger partial charge in [-0.25, -0.2) is 4.79 Å². The minimum absolute atomic E-state index is 0.443. The number of amides is 2. The van der Waals surface area contributed by atoms with Crippen molar-refractivity contribution in [1.29, 1.82) is 0 Å². The van der Waals surface area contributed by atoms with Crippen molar-refractivity contribution in [2.24, 2.45) is 5.73 Å². The van der Waals surface area contributed by atoms with Gasteiger partial charge in [0.05, 0.1) is 0 Å². The van der Waals surface area contributed by atoms with Crippen LogP contribution in [0.1, 0.15) is 56.2 Å². The first-order chi connectivity index (χ1) is 7.93. The van der Waals surface area contributed by atoms with Crippen molar-refractivity contribution in [2.75, 3.05) is 0 Å². The molecule has 0 bridgehead atoms. The molecule has 0 aliphatic carbocycles. The Kier molecular flexibility index (Phi) is 4.55. The second-order valence-electron chi connectivity index (χ2n) is 4.95. The van der Waals surface area contributed by atoms with Gasteiger partial charge < -0.3 is 11.1 Å². The molecule has 0 fully saturated rings. The number of hydrogen-bond acceptors (Lipinski definition) is 1. The van der Waals surface area contributed by atoms with Crippen LogP contribution >= 0.6 is 0 Å². The van der Waals surface area contributed by atoms with Crippen LogP contribution < -0.4 is 11.1 Å². The molecule has 0 aliphatic rings. The first kappa shape index (κ1) is 13.6. The zero-order valence-electron chi connectivity index (χ0n) is 11.1. The summed E-state index contributed by atoms with van der Waals surface area (Å²) in [6, 6.07) is 5.78. The number of carbonyl (C=O) groups excluding carboxylic acids is 1. The van der Waals surface area contributed by atoms with Crippen molar-refractivity contribution < 1.29 is 4.79 Å². The van der Waals surface area contributed by atoms with Gasteiger partial charge in [-0.3, -0.25) is 0 Å². The molecule has 3 nitrogen and oxygen atoms in total. The van der Waals surface area contributed by atoms with E-state index in [4.69, 9.17) is 5.73 Å². The summed E-state index contributed by atoms with van der Waals surface area (Å²) in [7, 11) is 0. The molecule has 3 heteroatoms. The van der Waals surface area contributed by atoms with Crippen molar-refractivity contribution in [3.63, 3.8) is 0 Å². The van der Waals surface area contributed by atoms with E-state index >= 15 is 0 Å². The van der Waals surface area contributed by atoms with Gasteiger partial charge in [0.2, 0.25) is 0 Å². The van der Waals surface area contributed by atoms with Gasteiger partial charge in [0.1, 0.15) is 0 Å². The number of urea groups is 1. The molecule has 2 amide bonds. The summed E-state index contributed by atoms with van der Waals surface area (Å²) < 4.78 is 0. The van der Waals surface area contributed by atoms with E-state index in [0.717, 1.165) is 5.56 Å². The minimum atomic E-state index is -0.477. The molecule has 3 N–H and O–H groups in total. The third-order valence-corrected chi connectivity index (χ3v) is 2.88. The van der Waals surface area contributed by atoms with Crippen molar-refractivity contribution >= 4 is 6.03 Å². The van der Waals surface area contributed by atoms with Crippen LogP contribution in [0.25, 0.3) is 0 Å². The van der Waals surface area contributed by atoms with Gasteiger partial charge in [-0.15, -0.1) is 0 Å². The summed E-state index contributed by atoms with van der Waals surface area (Å²) >= 11 is 0. The van der Waals surface area contributed by atoms with Gasteiger partial charge in [-0.1, -0.05) is 45.9 Å². The number of nitrogens with one attached hydrogen (secondary N) is 1. The summed E-state index contributed by atoms with van der Waals surface area (Å²) in [4.78, 5) is 10.8. The molecular weight excluding hydrogens is 212 g/mol. The van der Waals surface area contributed by atoms with Crippen LogP contribution in [0.5, 0.6) is 0 Å². The highest BCUT2D eigenvalue weighted by molar-refractivity contribution is 5.71. The lowest BCUT2D eigenvalue weighted by Gasteiger charge is -2.20. The van der Waals surface area contributed by atoms with Crippen LogP contribution in [-0.4, -0.2) is 6.03 Å². The minimum Gasteiger partial charge on any atom is -0.352 e. The molecular formula is C14H22N2O. The molecule has 94 valence electrons.